The molecule has 1 heterocycles. The molecule has 8 heteroatoms. The van der Waals surface area contributed by atoms with Gasteiger partial charge in [-0.3, -0.25) is 19.7 Å². The van der Waals surface area contributed by atoms with E-state index in [0.717, 1.165) is 0 Å². The molecular weight excluding hydrogens is 338 g/mol. The van der Waals surface area contributed by atoms with Gasteiger partial charge in [-0.2, -0.15) is 0 Å². The molecule has 0 radical (unpaired) electrons. The van der Waals surface area contributed by atoms with Gasteiger partial charge in [0, 0.05) is 11.6 Å². The summed E-state index contributed by atoms with van der Waals surface area (Å²) < 4.78 is 0. The molecule has 4 N–H and O–H groups in total. The maximum Gasteiger partial charge on any atom is 0.322 e. The normalized spacial score (nSPS) is 28.2. The second kappa shape index (κ2) is 6.78. The van der Waals surface area contributed by atoms with Crippen molar-refractivity contribution in [2.75, 3.05) is 5.32 Å². The van der Waals surface area contributed by atoms with Crippen molar-refractivity contribution in [2.45, 2.75) is 38.1 Å². The standard InChI is InChI=1S/C18H21N3O5/c1-18(16(25)20-17(26)21-18)12-6-3-7-13(9-12)19-14(22)10-4-2-5-11(8-10)15(23)24/h3,6-7,9-11H,2,4-5,8H2,1H3,(H,19,22)(H,23,24)(H2,20,21,25,26). The average molecular weight is 359 g/mol. The monoisotopic (exact) mass is 359 g/mol. The number of rotatable bonds is 4. The van der Waals surface area contributed by atoms with Crippen LogP contribution in [0.2, 0.25) is 0 Å². The number of anilines is 1. The van der Waals surface area contributed by atoms with Gasteiger partial charge in [0.15, 0.2) is 0 Å². The second-order valence-electron chi connectivity index (χ2n) is 7.00. The number of aliphatic carboxylic acids is 1. The van der Waals surface area contributed by atoms with Crippen LogP contribution in [-0.4, -0.2) is 28.9 Å². The van der Waals surface area contributed by atoms with E-state index in [4.69, 9.17) is 5.11 Å². The average Bonchev–Trinajstić information content (AvgIpc) is 2.88. The minimum Gasteiger partial charge on any atom is -0.481 e. The molecule has 8 nitrogen and oxygen atoms in total. The minimum absolute atomic E-state index is 0.224. The van der Waals surface area contributed by atoms with Crippen molar-refractivity contribution in [2.24, 2.45) is 11.8 Å². The number of carbonyl (C=O) groups is 4. The van der Waals surface area contributed by atoms with E-state index in [1.807, 2.05) is 0 Å². The van der Waals surface area contributed by atoms with Crippen molar-refractivity contribution in [1.82, 2.24) is 10.6 Å². The number of benzene rings is 1. The van der Waals surface area contributed by atoms with Gasteiger partial charge in [0.1, 0.15) is 5.54 Å². The molecule has 1 aromatic carbocycles. The molecule has 1 saturated carbocycles. The number of amides is 4. The molecule has 26 heavy (non-hydrogen) atoms. The van der Waals surface area contributed by atoms with E-state index >= 15 is 0 Å². The van der Waals surface area contributed by atoms with Gasteiger partial charge in [-0.1, -0.05) is 18.6 Å². The predicted octanol–water partition coefficient (Wildman–Crippen LogP) is 1.57. The molecule has 1 aliphatic carbocycles. The van der Waals surface area contributed by atoms with Crippen LogP contribution in [0.3, 0.4) is 0 Å². The first-order chi connectivity index (χ1) is 12.3. The lowest BCUT2D eigenvalue weighted by Gasteiger charge is -2.26. The van der Waals surface area contributed by atoms with Gasteiger partial charge < -0.3 is 15.7 Å². The van der Waals surface area contributed by atoms with Gasteiger partial charge in [0.25, 0.3) is 5.91 Å². The summed E-state index contributed by atoms with van der Waals surface area (Å²) >= 11 is 0. The number of imide groups is 1. The summed E-state index contributed by atoms with van der Waals surface area (Å²) in [5.41, 5.74) is -0.150. The van der Waals surface area contributed by atoms with Gasteiger partial charge in [0.05, 0.1) is 5.92 Å². The van der Waals surface area contributed by atoms with E-state index < -0.39 is 29.4 Å². The van der Waals surface area contributed by atoms with E-state index in [1.54, 1.807) is 31.2 Å². The molecule has 0 bridgehead atoms. The van der Waals surface area contributed by atoms with Crippen molar-refractivity contribution >= 4 is 29.5 Å². The molecule has 1 aromatic rings. The van der Waals surface area contributed by atoms with Crippen LogP contribution < -0.4 is 16.0 Å². The van der Waals surface area contributed by atoms with E-state index in [9.17, 15) is 19.2 Å². The van der Waals surface area contributed by atoms with Crippen molar-refractivity contribution in [3.05, 3.63) is 29.8 Å². The summed E-state index contributed by atoms with van der Waals surface area (Å²) in [6.45, 7) is 1.59. The Morgan fingerprint density at radius 2 is 1.96 bits per heavy atom. The lowest BCUT2D eigenvalue weighted by atomic mass is 9.81. The fraction of sp³-hybridized carbons (Fsp3) is 0.444. The summed E-state index contributed by atoms with van der Waals surface area (Å²) in [6, 6.07) is 6.16. The van der Waals surface area contributed by atoms with Gasteiger partial charge in [-0.05, 0) is 43.9 Å². The molecular formula is C18H21N3O5. The van der Waals surface area contributed by atoms with E-state index in [-0.39, 0.29) is 11.8 Å². The fourth-order valence-corrected chi connectivity index (χ4v) is 3.55. The largest absolute Gasteiger partial charge is 0.481 e. The number of hydrogen-bond donors (Lipinski definition) is 4. The SMILES string of the molecule is CC1(c2cccc(NC(=O)C3CCCC(C(=O)O)C3)c2)NC(=O)NC1=O. The van der Waals surface area contributed by atoms with Crippen LogP contribution in [0.5, 0.6) is 0 Å². The molecule has 1 aliphatic heterocycles. The highest BCUT2D eigenvalue weighted by molar-refractivity contribution is 6.07. The number of carbonyl (C=O) groups excluding carboxylic acids is 3. The fourth-order valence-electron chi connectivity index (χ4n) is 3.55. The van der Waals surface area contributed by atoms with Crippen molar-refractivity contribution in [1.29, 1.82) is 0 Å². The van der Waals surface area contributed by atoms with Crippen LogP contribution in [0.25, 0.3) is 0 Å². The van der Waals surface area contributed by atoms with E-state index in [1.165, 1.54) is 0 Å². The smallest absolute Gasteiger partial charge is 0.322 e. The van der Waals surface area contributed by atoms with Crippen LogP contribution in [0.15, 0.2) is 24.3 Å². The van der Waals surface area contributed by atoms with Crippen LogP contribution in [-0.2, 0) is 19.9 Å². The Bertz CT molecular complexity index is 778. The first-order valence-electron chi connectivity index (χ1n) is 8.57. The number of nitrogens with one attached hydrogen (secondary N) is 3. The minimum atomic E-state index is -1.20. The summed E-state index contributed by atoms with van der Waals surface area (Å²) in [7, 11) is 0. The Hall–Kier alpha value is -2.90. The van der Waals surface area contributed by atoms with Crippen LogP contribution >= 0.6 is 0 Å². The van der Waals surface area contributed by atoms with Gasteiger partial charge in [-0.25, -0.2) is 4.79 Å². The second-order valence-corrected chi connectivity index (χ2v) is 7.00. The topological polar surface area (TPSA) is 125 Å². The zero-order valence-corrected chi connectivity index (χ0v) is 14.4. The summed E-state index contributed by atoms with van der Waals surface area (Å²) in [6.07, 6.45) is 2.30. The first-order valence-corrected chi connectivity index (χ1v) is 8.57. The maximum absolute atomic E-state index is 12.5. The number of urea groups is 1. The Morgan fingerprint density at radius 3 is 2.62 bits per heavy atom. The third kappa shape index (κ3) is 3.40. The van der Waals surface area contributed by atoms with Crippen LogP contribution in [0.1, 0.15) is 38.2 Å². The summed E-state index contributed by atoms with van der Waals surface area (Å²) in [4.78, 5) is 47.2. The zero-order valence-electron chi connectivity index (χ0n) is 14.4. The van der Waals surface area contributed by atoms with Gasteiger partial charge in [-0.15, -0.1) is 0 Å². The van der Waals surface area contributed by atoms with Crippen molar-refractivity contribution < 1.29 is 24.3 Å². The van der Waals surface area contributed by atoms with Crippen LogP contribution in [0.4, 0.5) is 10.5 Å². The molecule has 138 valence electrons. The van der Waals surface area contributed by atoms with Crippen molar-refractivity contribution in [3.8, 4) is 0 Å². The van der Waals surface area contributed by atoms with E-state index in [0.29, 0.717) is 36.9 Å². The quantitative estimate of drug-likeness (QED) is 0.607. The zero-order chi connectivity index (χ0) is 18.9. The number of hydrogen-bond acceptors (Lipinski definition) is 4. The van der Waals surface area contributed by atoms with E-state index in [2.05, 4.69) is 16.0 Å². The molecule has 0 spiro atoms. The lowest BCUT2D eigenvalue weighted by molar-refractivity contribution is -0.143. The van der Waals surface area contributed by atoms with Crippen molar-refractivity contribution in [3.63, 3.8) is 0 Å². The molecule has 2 fully saturated rings. The molecule has 1 saturated heterocycles. The van der Waals surface area contributed by atoms with Crippen LogP contribution in [0, 0.1) is 11.8 Å². The van der Waals surface area contributed by atoms with Gasteiger partial charge in [0.2, 0.25) is 5.91 Å². The Morgan fingerprint density at radius 1 is 1.23 bits per heavy atom. The summed E-state index contributed by atoms with van der Waals surface area (Å²) in [5, 5.41) is 16.7. The molecule has 3 atom stereocenters. The highest BCUT2D eigenvalue weighted by Gasteiger charge is 2.43. The predicted molar refractivity (Wildman–Crippen MR) is 92.2 cm³/mol. The first kappa shape index (κ1) is 17.9. The van der Waals surface area contributed by atoms with Gasteiger partial charge >= 0.3 is 12.0 Å². The number of carboxylic acids is 1. The molecule has 3 rings (SSSR count). The molecule has 3 unspecified atom stereocenters. The summed E-state index contributed by atoms with van der Waals surface area (Å²) in [5.74, 6) is -2.37. The number of carboxylic acid groups (broad SMARTS) is 1. The molecule has 0 aromatic heterocycles. The Kier molecular flexibility index (Phi) is 4.67. The third-order valence-corrected chi connectivity index (χ3v) is 5.15. The highest BCUT2D eigenvalue weighted by atomic mass is 16.4. The third-order valence-electron chi connectivity index (χ3n) is 5.15. The Balaban J connectivity index is 1.73. The Labute approximate surface area is 150 Å². The molecule has 2 aliphatic rings. The lowest BCUT2D eigenvalue weighted by Crippen LogP contribution is -2.40. The molecule has 4 amide bonds. The maximum atomic E-state index is 12.5. The highest BCUT2D eigenvalue weighted by Crippen LogP contribution is 2.31.